The van der Waals surface area contributed by atoms with Crippen LogP contribution >= 0.6 is 12.2 Å². The van der Waals surface area contributed by atoms with Crippen LogP contribution in [0.25, 0.3) is 6.08 Å². The molecule has 0 fully saturated rings. The minimum absolute atomic E-state index is 0.837. The molecule has 1 nitrogen and oxygen atoms in total. The summed E-state index contributed by atoms with van der Waals surface area (Å²) >= 11 is 4.96. The number of aromatic amines is 1. The molecule has 0 saturated carbocycles. The molecule has 0 spiro atoms. The van der Waals surface area contributed by atoms with E-state index >= 15 is 0 Å². The number of aromatic nitrogens is 1. The molecule has 1 aromatic rings. The Morgan fingerprint density at radius 1 is 1.67 bits per heavy atom. The first-order valence-electron chi connectivity index (χ1n) is 2.64. The van der Waals surface area contributed by atoms with Crippen LogP contribution in [0.2, 0.25) is 0 Å². The number of nitrogens with one attached hydrogen (secondary N) is 1. The van der Waals surface area contributed by atoms with E-state index in [2.05, 4.69) is 11.6 Å². The first-order chi connectivity index (χ1) is 4.34. The van der Waals surface area contributed by atoms with Gasteiger partial charge in [0.1, 0.15) is 0 Å². The summed E-state index contributed by atoms with van der Waals surface area (Å²) in [6.07, 6.45) is 5.36. The van der Waals surface area contributed by atoms with Gasteiger partial charge in [-0.15, -0.1) is 0 Å². The topological polar surface area (TPSA) is 15.8 Å². The average Bonchev–Trinajstić information content (AvgIpc) is 1.89. The van der Waals surface area contributed by atoms with E-state index in [1.165, 1.54) is 0 Å². The number of pyridine rings is 1. The molecule has 0 aliphatic heterocycles. The van der Waals surface area contributed by atoms with Crippen molar-refractivity contribution >= 4 is 18.3 Å². The van der Waals surface area contributed by atoms with Crippen LogP contribution in [0.5, 0.6) is 0 Å². The Balaban J connectivity index is 3.32. The van der Waals surface area contributed by atoms with Crippen LogP contribution in [0.4, 0.5) is 0 Å². The maximum Gasteiger partial charge on any atom is 0.0478 e. The standard InChI is InChI=1S/C7H7NS/c1-2-6-5-8-4-3-7(6)9/h2-5H,1H2,(H,8,9). The third-order valence-electron chi connectivity index (χ3n) is 1.07. The van der Waals surface area contributed by atoms with E-state index in [0.717, 1.165) is 10.1 Å². The van der Waals surface area contributed by atoms with Crippen molar-refractivity contribution in [3.05, 3.63) is 35.1 Å². The number of hydrogen-bond donors (Lipinski definition) is 1. The SMILES string of the molecule is C=Cc1c[nH]ccc1=S. The van der Waals surface area contributed by atoms with Crippen LogP contribution in [0, 0.1) is 4.51 Å². The van der Waals surface area contributed by atoms with Gasteiger partial charge in [-0.25, -0.2) is 0 Å². The largest absolute Gasteiger partial charge is 0.367 e. The van der Waals surface area contributed by atoms with E-state index in [0.29, 0.717) is 0 Å². The summed E-state index contributed by atoms with van der Waals surface area (Å²) in [7, 11) is 0. The molecule has 0 atom stereocenters. The van der Waals surface area contributed by atoms with Gasteiger partial charge in [0.15, 0.2) is 0 Å². The fourth-order valence-electron chi connectivity index (χ4n) is 0.589. The van der Waals surface area contributed by atoms with Gasteiger partial charge in [0.25, 0.3) is 0 Å². The van der Waals surface area contributed by atoms with Crippen molar-refractivity contribution in [3.63, 3.8) is 0 Å². The van der Waals surface area contributed by atoms with E-state index in [4.69, 9.17) is 12.2 Å². The molecule has 0 aromatic carbocycles. The molecule has 0 aliphatic carbocycles. The summed E-state index contributed by atoms with van der Waals surface area (Å²) in [5.41, 5.74) is 0.979. The molecule has 0 amide bonds. The average molecular weight is 137 g/mol. The van der Waals surface area contributed by atoms with E-state index in [9.17, 15) is 0 Å². The molecule has 1 heterocycles. The van der Waals surface area contributed by atoms with Crippen molar-refractivity contribution in [1.29, 1.82) is 0 Å². The zero-order chi connectivity index (χ0) is 6.69. The van der Waals surface area contributed by atoms with Crippen LogP contribution in [0.15, 0.2) is 25.0 Å². The van der Waals surface area contributed by atoms with Gasteiger partial charge in [0, 0.05) is 22.5 Å². The molecule has 0 radical (unpaired) electrons. The van der Waals surface area contributed by atoms with Gasteiger partial charge >= 0.3 is 0 Å². The van der Waals surface area contributed by atoms with Gasteiger partial charge in [-0.05, 0) is 6.07 Å². The van der Waals surface area contributed by atoms with Gasteiger partial charge in [-0.3, -0.25) is 0 Å². The molecule has 1 rings (SSSR count). The highest BCUT2D eigenvalue weighted by atomic mass is 32.1. The normalized spacial score (nSPS) is 8.89. The molecule has 1 aromatic heterocycles. The van der Waals surface area contributed by atoms with Gasteiger partial charge in [-0.1, -0.05) is 24.9 Å². The molecular formula is C7H7NS. The van der Waals surface area contributed by atoms with Crippen molar-refractivity contribution in [1.82, 2.24) is 4.98 Å². The second kappa shape index (κ2) is 2.60. The summed E-state index contributed by atoms with van der Waals surface area (Å²) in [5.74, 6) is 0. The van der Waals surface area contributed by atoms with Crippen molar-refractivity contribution in [2.24, 2.45) is 0 Å². The van der Waals surface area contributed by atoms with Crippen LogP contribution in [0.1, 0.15) is 5.56 Å². The van der Waals surface area contributed by atoms with Gasteiger partial charge in [0.05, 0.1) is 0 Å². The van der Waals surface area contributed by atoms with Gasteiger partial charge < -0.3 is 4.98 Å². The minimum atomic E-state index is 0.837. The molecule has 0 aliphatic rings. The second-order valence-electron chi connectivity index (χ2n) is 1.67. The Kier molecular flexibility index (Phi) is 1.80. The third kappa shape index (κ3) is 1.27. The monoisotopic (exact) mass is 137 g/mol. The number of hydrogen-bond acceptors (Lipinski definition) is 1. The first-order valence-corrected chi connectivity index (χ1v) is 3.05. The molecule has 1 N–H and O–H groups in total. The van der Waals surface area contributed by atoms with Crippen molar-refractivity contribution in [2.75, 3.05) is 0 Å². The molecular weight excluding hydrogens is 130 g/mol. The van der Waals surface area contributed by atoms with E-state index in [1.54, 1.807) is 12.3 Å². The zero-order valence-corrected chi connectivity index (χ0v) is 5.74. The summed E-state index contributed by atoms with van der Waals surface area (Å²) in [6.45, 7) is 3.61. The second-order valence-corrected chi connectivity index (χ2v) is 2.11. The third-order valence-corrected chi connectivity index (χ3v) is 1.45. The molecule has 0 unspecified atom stereocenters. The summed E-state index contributed by atoms with van der Waals surface area (Å²) in [4.78, 5) is 2.91. The predicted octanol–water partition coefficient (Wildman–Crippen LogP) is 2.39. The molecule has 0 saturated heterocycles. The molecule has 46 valence electrons. The predicted molar refractivity (Wildman–Crippen MR) is 41.7 cm³/mol. The van der Waals surface area contributed by atoms with Gasteiger partial charge in [-0.2, -0.15) is 0 Å². The molecule has 0 bridgehead atoms. The van der Waals surface area contributed by atoms with Crippen LogP contribution in [-0.4, -0.2) is 4.98 Å². The lowest BCUT2D eigenvalue weighted by molar-refractivity contribution is 1.31. The Morgan fingerprint density at radius 3 is 2.89 bits per heavy atom. The van der Waals surface area contributed by atoms with Crippen molar-refractivity contribution in [2.45, 2.75) is 0 Å². The fraction of sp³-hybridized carbons (Fsp3) is 0. The lowest BCUT2D eigenvalue weighted by Gasteiger charge is -1.88. The highest BCUT2D eigenvalue weighted by molar-refractivity contribution is 7.71. The molecule has 9 heavy (non-hydrogen) atoms. The van der Waals surface area contributed by atoms with E-state index in [-0.39, 0.29) is 0 Å². The lowest BCUT2D eigenvalue weighted by Crippen LogP contribution is -1.74. The molecule has 2 heteroatoms. The fourth-order valence-corrected chi connectivity index (χ4v) is 0.799. The van der Waals surface area contributed by atoms with Gasteiger partial charge in [0.2, 0.25) is 0 Å². The van der Waals surface area contributed by atoms with Crippen molar-refractivity contribution in [3.8, 4) is 0 Å². The Morgan fingerprint density at radius 2 is 2.44 bits per heavy atom. The summed E-state index contributed by atoms with van der Waals surface area (Å²) < 4.78 is 0.837. The summed E-state index contributed by atoms with van der Waals surface area (Å²) in [5, 5.41) is 0. The number of H-pyrrole nitrogens is 1. The minimum Gasteiger partial charge on any atom is -0.367 e. The van der Waals surface area contributed by atoms with Crippen LogP contribution in [-0.2, 0) is 0 Å². The Bertz CT molecular complexity index is 262. The van der Waals surface area contributed by atoms with Crippen molar-refractivity contribution < 1.29 is 0 Å². The first kappa shape index (κ1) is 6.23. The summed E-state index contributed by atoms with van der Waals surface area (Å²) in [6, 6.07) is 1.84. The quantitative estimate of drug-likeness (QED) is 0.587. The Hall–Kier alpha value is -0.890. The smallest absolute Gasteiger partial charge is 0.0478 e. The van der Waals surface area contributed by atoms with Crippen LogP contribution < -0.4 is 0 Å². The Labute approximate surface area is 59.1 Å². The highest BCUT2D eigenvalue weighted by Gasteiger charge is 1.83. The van der Waals surface area contributed by atoms with E-state index < -0.39 is 0 Å². The van der Waals surface area contributed by atoms with Crippen LogP contribution in [0.3, 0.4) is 0 Å². The maximum atomic E-state index is 4.96. The lowest BCUT2D eigenvalue weighted by atomic mass is 10.3. The zero-order valence-electron chi connectivity index (χ0n) is 4.92. The highest BCUT2D eigenvalue weighted by Crippen LogP contribution is 1.99. The maximum absolute atomic E-state index is 4.96. The van der Waals surface area contributed by atoms with E-state index in [1.807, 2.05) is 12.3 Å². The number of rotatable bonds is 1.